The minimum Gasteiger partial charge on any atom is -0.327 e. The minimum atomic E-state index is 0.0927. The van der Waals surface area contributed by atoms with Gasteiger partial charge in [-0.05, 0) is 93.2 Å². The molecule has 5 saturated carbocycles. The smallest absolute Gasteiger partial charge is 0.225 e. The maximum Gasteiger partial charge on any atom is 0.225 e. The van der Waals surface area contributed by atoms with E-state index in [2.05, 4.69) is 36.1 Å². The highest BCUT2D eigenvalue weighted by atomic mass is 32.2. The van der Waals surface area contributed by atoms with Gasteiger partial charge in [0.2, 0.25) is 5.91 Å². The van der Waals surface area contributed by atoms with Crippen molar-refractivity contribution in [3.8, 4) is 0 Å². The van der Waals surface area contributed by atoms with Crippen LogP contribution < -0.4 is 4.90 Å². The summed E-state index contributed by atoms with van der Waals surface area (Å²) in [5, 5.41) is 1.24. The first-order valence-electron chi connectivity index (χ1n) is 12.4. The Morgan fingerprint density at radius 1 is 1.10 bits per heavy atom. The summed E-state index contributed by atoms with van der Waals surface area (Å²) in [6.45, 7) is 3.89. The fourth-order valence-electron chi connectivity index (χ4n) is 7.33. The lowest BCUT2D eigenvalue weighted by Gasteiger charge is -2.55. The lowest BCUT2D eigenvalue weighted by atomic mass is 9.53. The fourth-order valence-corrected chi connectivity index (χ4v) is 8.62. The molecule has 1 amide bonds. The van der Waals surface area contributed by atoms with Gasteiger partial charge in [0.05, 0.1) is 5.54 Å². The fraction of sp³-hybridized carbons (Fsp3) is 0.692. The lowest BCUT2D eigenvalue weighted by Crippen LogP contribution is -2.53. The highest BCUT2D eigenvalue weighted by Gasteiger charge is 2.52. The number of amides is 1. The monoisotopic (exact) mass is 437 g/mol. The largest absolute Gasteiger partial charge is 0.327 e. The third-order valence-corrected chi connectivity index (χ3v) is 9.47. The van der Waals surface area contributed by atoms with Crippen LogP contribution >= 0.6 is 11.8 Å². The van der Waals surface area contributed by atoms with E-state index >= 15 is 0 Å². The first kappa shape index (κ1) is 20.1. The van der Waals surface area contributed by atoms with Crippen molar-refractivity contribution < 1.29 is 4.79 Å². The molecule has 1 aromatic carbocycles. The first-order chi connectivity index (χ1) is 15.0. The zero-order valence-electron chi connectivity index (χ0n) is 18.9. The number of benzene rings is 1. The normalized spacial score (nSPS) is 37.6. The molecular weight excluding hydrogens is 402 g/mol. The minimum absolute atomic E-state index is 0.0927. The predicted octanol–water partition coefficient (Wildman–Crippen LogP) is 5.46. The van der Waals surface area contributed by atoms with E-state index in [4.69, 9.17) is 4.99 Å². The Kier molecular flexibility index (Phi) is 4.90. The van der Waals surface area contributed by atoms with Crippen molar-refractivity contribution in [1.29, 1.82) is 0 Å². The van der Waals surface area contributed by atoms with Gasteiger partial charge in [0.25, 0.3) is 0 Å². The number of aliphatic imine (C=N–C) groups is 1. The first-order valence-corrected chi connectivity index (χ1v) is 13.4. The molecule has 1 atom stereocenters. The summed E-state index contributed by atoms with van der Waals surface area (Å²) in [6, 6.07) is 9.15. The van der Waals surface area contributed by atoms with Crippen molar-refractivity contribution in [2.24, 2.45) is 22.7 Å². The summed E-state index contributed by atoms with van der Waals surface area (Å²) in [5.41, 5.74) is 2.54. The molecule has 31 heavy (non-hydrogen) atoms. The summed E-state index contributed by atoms with van der Waals surface area (Å²) >= 11 is 1.91. The Morgan fingerprint density at radius 3 is 2.23 bits per heavy atom. The predicted molar refractivity (Wildman–Crippen MR) is 128 cm³/mol. The molecule has 7 rings (SSSR count). The van der Waals surface area contributed by atoms with Crippen LogP contribution in [0.3, 0.4) is 0 Å². The Labute approximate surface area is 190 Å². The number of hydrogen-bond donors (Lipinski definition) is 0. The topological polar surface area (TPSA) is 35.9 Å². The maximum atomic E-state index is 12.8. The Bertz CT molecular complexity index is 855. The van der Waals surface area contributed by atoms with E-state index in [1.807, 2.05) is 16.7 Å². The van der Waals surface area contributed by atoms with Gasteiger partial charge in [-0.1, -0.05) is 30.8 Å². The molecule has 5 heteroatoms. The molecule has 1 aliphatic heterocycles. The van der Waals surface area contributed by atoms with Gasteiger partial charge in [-0.25, -0.2) is 0 Å². The number of thioether (sulfide) groups is 1. The van der Waals surface area contributed by atoms with E-state index in [0.717, 1.165) is 35.6 Å². The average Bonchev–Trinajstić information content (AvgIpc) is 3.49. The summed E-state index contributed by atoms with van der Waals surface area (Å²) in [4.78, 5) is 23.0. The van der Waals surface area contributed by atoms with Crippen molar-refractivity contribution >= 4 is 28.5 Å². The van der Waals surface area contributed by atoms with Crippen LogP contribution in [0.2, 0.25) is 0 Å². The number of amidine groups is 1. The van der Waals surface area contributed by atoms with E-state index in [1.54, 1.807) is 6.92 Å². The second-order valence-corrected chi connectivity index (χ2v) is 11.9. The van der Waals surface area contributed by atoms with Gasteiger partial charge in [0.15, 0.2) is 5.17 Å². The van der Waals surface area contributed by atoms with Gasteiger partial charge >= 0.3 is 0 Å². The van der Waals surface area contributed by atoms with Crippen LogP contribution in [0, 0.1) is 17.8 Å². The molecule has 1 heterocycles. The van der Waals surface area contributed by atoms with Crippen LogP contribution in [0.5, 0.6) is 0 Å². The number of rotatable bonds is 5. The van der Waals surface area contributed by atoms with E-state index < -0.39 is 0 Å². The molecule has 4 nitrogen and oxygen atoms in total. The number of carbonyl (C=O) groups is 1. The van der Waals surface area contributed by atoms with Gasteiger partial charge in [-0.15, -0.1) is 0 Å². The number of aryl methyl sites for hydroxylation is 1. The summed E-state index contributed by atoms with van der Waals surface area (Å²) in [5.74, 6) is 3.81. The summed E-state index contributed by atoms with van der Waals surface area (Å²) in [7, 11) is 0. The van der Waals surface area contributed by atoms with Crippen LogP contribution in [-0.4, -0.2) is 39.5 Å². The van der Waals surface area contributed by atoms with Crippen molar-refractivity contribution in [2.45, 2.75) is 89.4 Å². The van der Waals surface area contributed by atoms with Crippen LogP contribution in [0.4, 0.5) is 5.69 Å². The zero-order valence-corrected chi connectivity index (χ0v) is 19.7. The van der Waals surface area contributed by atoms with Crippen LogP contribution in [0.1, 0.15) is 70.8 Å². The molecule has 1 aromatic rings. The van der Waals surface area contributed by atoms with E-state index in [9.17, 15) is 4.79 Å². The Balaban J connectivity index is 1.31. The molecule has 6 aliphatic rings. The quantitative estimate of drug-likeness (QED) is 0.613. The molecule has 6 fully saturated rings. The zero-order chi connectivity index (χ0) is 21.2. The van der Waals surface area contributed by atoms with E-state index in [-0.39, 0.29) is 17.6 Å². The molecule has 5 aliphatic carbocycles. The van der Waals surface area contributed by atoms with Crippen molar-refractivity contribution in [1.82, 2.24) is 4.90 Å². The number of hydrogen-bond acceptors (Lipinski definition) is 3. The van der Waals surface area contributed by atoms with Crippen molar-refractivity contribution in [3.63, 3.8) is 0 Å². The molecule has 0 N–H and O–H groups in total. The molecule has 166 valence electrons. The molecule has 0 radical (unpaired) electrons. The van der Waals surface area contributed by atoms with Crippen molar-refractivity contribution in [3.05, 3.63) is 29.8 Å². The highest BCUT2D eigenvalue weighted by Crippen LogP contribution is 2.58. The molecule has 1 unspecified atom stereocenters. The lowest BCUT2D eigenvalue weighted by molar-refractivity contribution is -0.117. The highest BCUT2D eigenvalue weighted by molar-refractivity contribution is 8.14. The molecule has 1 saturated heterocycles. The van der Waals surface area contributed by atoms with E-state index in [1.165, 1.54) is 62.1 Å². The number of carbonyl (C=O) groups excluding carboxylic acids is 1. The second kappa shape index (κ2) is 7.54. The third-order valence-electron chi connectivity index (χ3n) is 8.44. The van der Waals surface area contributed by atoms with Gasteiger partial charge in [0.1, 0.15) is 6.17 Å². The SMILES string of the molecule is CCc1ccc(N(C(C)=O)C2CSC(=NC34CC5CC(CC(C5)C3)C4)N2C2CC2)cc1. The Hall–Kier alpha value is -1.49. The van der Waals surface area contributed by atoms with Crippen LogP contribution in [-0.2, 0) is 11.2 Å². The standard InChI is InChI=1S/C26H35N3OS/c1-3-18-4-6-22(7-5-18)28(17(2)30)24-16-31-25(29(24)23-8-9-23)27-26-13-19-10-20(14-26)12-21(11-19)15-26/h4-7,19-21,23-24H,3,8-16H2,1-2H3. The molecular formula is C26H35N3OS. The molecule has 4 bridgehead atoms. The molecule has 0 aromatic heterocycles. The number of nitrogens with zero attached hydrogens (tertiary/aromatic N) is 3. The van der Waals surface area contributed by atoms with E-state index in [0.29, 0.717) is 6.04 Å². The van der Waals surface area contributed by atoms with Gasteiger partial charge < -0.3 is 4.90 Å². The maximum absolute atomic E-state index is 12.8. The summed E-state index contributed by atoms with van der Waals surface area (Å²) in [6.07, 6.45) is 11.9. The van der Waals surface area contributed by atoms with Crippen LogP contribution in [0.25, 0.3) is 0 Å². The van der Waals surface area contributed by atoms with Crippen molar-refractivity contribution in [2.75, 3.05) is 10.7 Å². The average molecular weight is 438 g/mol. The summed E-state index contributed by atoms with van der Waals surface area (Å²) < 4.78 is 0. The number of anilines is 1. The van der Waals surface area contributed by atoms with Gasteiger partial charge in [-0.3, -0.25) is 14.7 Å². The molecule has 0 spiro atoms. The third kappa shape index (κ3) is 3.61. The van der Waals surface area contributed by atoms with Gasteiger partial charge in [-0.2, -0.15) is 0 Å². The van der Waals surface area contributed by atoms with Gasteiger partial charge in [0, 0.05) is 24.4 Å². The van der Waals surface area contributed by atoms with Crippen LogP contribution in [0.15, 0.2) is 29.3 Å². The Morgan fingerprint density at radius 2 is 1.71 bits per heavy atom. The second-order valence-electron chi connectivity index (χ2n) is 10.9.